The Kier molecular flexibility index (Phi) is 2.28. The molecule has 6 nitrogen and oxygen atoms in total. The van der Waals surface area contributed by atoms with Gasteiger partial charge in [0.15, 0.2) is 0 Å². The van der Waals surface area contributed by atoms with Gasteiger partial charge in [-0.2, -0.15) is 5.01 Å². The number of amides is 3. The van der Waals surface area contributed by atoms with Crippen LogP contribution in [0.25, 0.3) is 0 Å². The Bertz CT molecular complexity index is 197. The highest BCUT2D eigenvalue weighted by Gasteiger charge is 2.30. The van der Waals surface area contributed by atoms with E-state index < -0.39 is 11.4 Å². The van der Waals surface area contributed by atoms with Crippen LogP contribution in [0, 0.1) is 0 Å². The number of nitrogens with zero attached hydrogens (tertiary/aromatic N) is 2. The van der Waals surface area contributed by atoms with Crippen molar-refractivity contribution >= 4 is 23.0 Å². The SMILES string of the molecule is CCN1NNN(C(=O)Cl)C1=O. The standard InChI is InChI=1S/C4H7ClN4O2/c1-2-8-4(11)9(3(5)10)7-6-8/h6-7H,2H2,1H3. The third kappa shape index (κ3) is 1.42. The Morgan fingerprint density at radius 1 is 1.64 bits per heavy atom. The van der Waals surface area contributed by atoms with Gasteiger partial charge < -0.3 is 0 Å². The van der Waals surface area contributed by atoms with Gasteiger partial charge in [-0.05, 0) is 18.5 Å². The molecule has 1 rings (SSSR count). The fourth-order valence-corrected chi connectivity index (χ4v) is 0.775. The fraction of sp³-hybridized carbons (Fsp3) is 0.500. The van der Waals surface area contributed by atoms with E-state index >= 15 is 0 Å². The summed E-state index contributed by atoms with van der Waals surface area (Å²) in [6.45, 7) is 2.21. The van der Waals surface area contributed by atoms with Gasteiger partial charge in [0.1, 0.15) is 0 Å². The number of imide groups is 1. The van der Waals surface area contributed by atoms with Crippen molar-refractivity contribution in [2.75, 3.05) is 6.54 Å². The summed E-state index contributed by atoms with van der Waals surface area (Å²) in [6.07, 6.45) is 0. The monoisotopic (exact) mass is 178 g/mol. The van der Waals surface area contributed by atoms with Crippen molar-refractivity contribution in [3.05, 3.63) is 0 Å². The minimum atomic E-state index is -0.863. The van der Waals surface area contributed by atoms with E-state index in [9.17, 15) is 9.59 Å². The van der Waals surface area contributed by atoms with Crippen molar-refractivity contribution < 1.29 is 9.59 Å². The van der Waals surface area contributed by atoms with Gasteiger partial charge in [-0.15, -0.1) is 11.1 Å². The molecule has 3 amide bonds. The number of urea groups is 1. The van der Waals surface area contributed by atoms with Crippen molar-refractivity contribution in [1.29, 1.82) is 0 Å². The van der Waals surface area contributed by atoms with Gasteiger partial charge in [0, 0.05) is 6.54 Å². The van der Waals surface area contributed by atoms with Crippen LogP contribution in [0.5, 0.6) is 0 Å². The average molecular weight is 179 g/mol. The Labute approximate surface area is 68.0 Å². The maximum absolute atomic E-state index is 11.0. The summed E-state index contributed by atoms with van der Waals surface area (Å²) in [6, 6.07) is -0.507. The molecular formula is C4H7ClN4O2. The molecule has 0 radical (unpaired) electrons. The van der Waals surface area contributed by atoms with E-state index in [1.165, 1.54) is 5.01 Å². The van der Waals surface area contributed by atoms with E-state index in [0.717, 1.165) is 0 Å². The molecule has 0 unspecified atom stereocenters. The molecule has 0 aromatic carbocycles. The molecular weight excluding hydrogens is 172 g/mol. The van der Waals surface area contributed by atoms with E-state index in [0.29, 0.717) is 11.6 Å². The maximum atomic E-state index is 11.0. The lowest BCUT2D eigenvalue weighted by molar-refractivity contribution is 0.188. The van der Waals surface area contributed by atoms with Crippen molar-refractivity contribution in [2.24, 2.45) is 0 Å². The highest BCUT2D eigenvalue weighted by atomic mass is 35.5. The summed E-state index contributed by atoms with van der Waals surface area (Å²) in [5.41, 5.74) is 4.73. The van der Waals surface area contributed by atoms with Crippen LogP contribution in [-0.2, 0) is 0 Å². The van der Waals surface area contributed by atoms with Crippen LogP contribution in [0.15, 0.2) is 0 Å². The van der Waals surface area contributed by atoms with Gasteiger partial charge in [-0.3, -0.25) is 4.79 Å². The van der Waals surface area contributed by atoms with Crippen LogP contribution < -0.4 is 11.1 Å². The van der Waals surface area contributed by atoms with Gasteiger partial charge in [-0.1, -0.05) is 0 Å². The quantitative estimate of drug-likeness (QED) is 0.439. The first-order chi connectivity index (χ1) is 5.16. The van der Waals surface area contributed by atoms with Gasteiger partial charge in [-0.25, -0.2) is 9.80 Å². The number of nitrogens with one attached hydrogen (secondary N) is 2. The van der Waals surface area contributed by atoms with Crippen LogP contribution in [-0.4, -0.2) is 28.0 Å². The fourth-order valence-electron chi connectivity index (χ4n) is 0.660. The zero-order valence-electron chi connectivity index (χ0n) is 5.80. The third-order valence-corrected chi connectivity index (χ3v) is 1.38. The summed E-state index contributed by atoms with van der Waals surface area (Å²) < 4.78 is 0. The number of hydrogen-bond acceptors (Lipinski definition) is 4. The zero-order chi connectivity index (χ0) is 8.43. The average Bonchev–Trinajstić information content (AvgIpc) is 2.30. The Balaban J connectivity index is 2.63. The smallest absolute Gasteiger partial charge is 0.253 e. The number of carbonyl (C=O) groups excluding carboxylic acids is 2. The number of hydrogen-bond donors (Lipinski definition) is 2. The number of halogens is 1. The molecule has 0 saturated carbocycles. The molecule has 0 spiro atoms. The second-order valence-electron chi connectivity index (χ2n) is 1.84. The van der Waals surface area contributed by atoms with Gasteiger partial charge in [0.2, 0.25) is 0 Å². The largest absolute Gasteiger partial charge is 0.359 e. The number of hydrazine groups is 3. The summed E-state index contributed by atoms with van der Waals surface area (Å²) in [4.78, 5) is 21.5. The molecule has 0 aromatic rings. The summed E-state index contributed by atoms with van der Waals surface area (Å²) >= 11 is 5.04. The van der Waals surface area contributed by atoms with E-state index in [-0.39, 0.29) is 0 Å². The van der Waals surface area contributed by atoms with Crippen molar-refractivity contribution in [3.8, 4) is 0 Å². The first-order valence-corrected chi connectivity index (χ1v) is 3.37. The first-order valence-electron chi connectivity index (χ1n) is 2.99. The molecule has 62 valence electrons. The number of rotatable bonds is 1. The van der Waals surface area contributed by atoms with Crippen LogP contribution in [0.1, 0.15) is 6.92 Å². The predicted octanol–water partition coefficient (Wildman–Crippen LogP) is 0.0269. The van der Waals surface area contributed by atoms with E-state index in [1.54, 1.807) is 6.92 Å². The maximum Gasteiger partial charge on any atom is 0.359 e. The molecule has 1 fully saturated rings. The van der Waals surface area contributed by atoms with Crippen LogP contribution >= 0.6 is 11.6 Å². The van der Waals surface area contributed by atoms with E-state index in [1.807, 2.05) is 0 Å². The molecule has 1 aliphatic rings. The van der Waals surface area contributed by atoms with Crippen molar-refractivity contribution in [1.82, 2.24) is 21.1 Å². The number of carbonyl (C=O) groups is 2. The van der Waals surface area contributed by atoms with Gasteiger partial charge in [0.05, 0.1) is 0 Å². The molecule has 11 heavy (non-hydrogen) atoms. The van der Waals surface area contributed by atoms with Crippen LogP contribution in [0.4, 0.5) is 9.59 Å². The third-order valence-electron chi connectivity index (χ3n) is 1.21. The molecule has 0 bridgehead atoms. The molecule has 7 heteroatoms. The Morgan fingerprint density at radius 2 is 2.27 bits per heavy atom. The van der Waals surface area contributed by atoms with E-state index in [4.69, 9.17) is 11.6 Å². The Morgan fingerprint density at radius 3 is 2.55 bits per heavy atom. The second kappa shape index (κ2) is 3.04. The zero-order valence-corrected chi connectivity index (χ0v) is 6.55. The molecule has 2 N–H and O–H groups in total. The van der Waals surface area contributed by atoms with Gasteiger partial charge >= 0.3 is 11.4 Å². The first kappa shape index (κ1) is 8.25. The highest BCUT2D eigenvalue weighted by Crippen LogP contribution is 2.02. The van der Waals surface area contributed by atoms with Crippen molar-refractivity contribution in [2.45, 2.75) is 6.92 Å². The minimum Gasteiger partial charge on any atom is -0.253 e. The Hall–Kier alpha value is -0.850. The predicted molar refractivity (Wildman–Crippen MR) is 37.1 cm³/mol. The lowest BCUT2D eigenvalue weighted by atomic mass is 10.7. The molecule has 1 saturated heterocycles. The molecule has 1 aliphatic heterocycles. The summed E-state index contributed by atoms with van der Waals surface area (Å²) in [7, 11) is 0. The molecule has 0 atom stereocenters. The lowest BCUT2D eigenvalue weighted by Crippen LogP contribution is -2.39. The second-order valence-corrected chi connectivity index (χ2v) is 2.16. The van der Waals surface area contributed by atoms with E-state index in [2.05, 4.69) is 11.1 Å². The molecule has 0 aliphatic carbocycles. The normalized spacial score (nSPS) is 17.8. The topological polar surface area (TPSA) is 64.7 Å². The van der Waals surface area contributed by atoms with Gasteiger partial charge in [0.25, 0.3) is 0 Å². The summed E-state index contributed by atoms with van der Waals surface area (Å²) in [5.74, 6) is 0. The lowest BCUT2D eigenvalue weighted by Gasteiger charge is -2.08. The minimum absolute atomic E-state index is 0.451. The summed E-state index contributed by atoms with van der Waals surface area (Å²) in [5, 5.41) is 1.02. The molecule has 0 aromatic heterocycles. The molecule has 1 heterocycles. The van der Waals surface area contributed by atoms with Crippen LogP contribution in [0.2, 0.25) is 0 Å². The van der Waals surface area contributed by atoms with Crippen LogP contribution in [0.3, 0.4) is 0 Å². The highest BCUT2D eigenvalue weighted by molar-refractivity contribution is 6.63. The van der Waals surface area contributed by atoms with Crippen molar-refractivity contribution in [3.63, 3.8) is 0 Å².